The van der Waals surface area contributed by atoms with E-state index in [4.69, 9.17) is 4.74 Å². The van der Waals surface area contributed by atoms with Crippen molar-refractivity contribution >= 4 is 0 Å². The Labute approximate surface area is 75.9 Å². The van der Waals surface area contributed by atoms with Crippen LogP contribution in [0.2, 0.25) is 0 Å². The molecule has 1 N–H and O–H groups in total. The lowest BCUT2D eigenvalue weighted by Gasteiger charge is -2.34. The minimum Gasteiger partial charge on any atom is -0.387 e. The summed E-state index contributed by atoms with van der Waals surface area (Å²) < 4.78 is 5.51. The molecular formula is C10H22O2. The molecule has 0 saturated carbocycles. The molecule has 0 spiro atoms. The number of rotatable bonds is 5. The summed E-state index contributed by atoms with van der Waals surface area (Å²) >= 11 is 0. The molecule has 0 aromatic rings. The van der Waals surface area contributed by atoms with E-state index in [9.17, 15) is 5.11 Å². The SMILES string of the molecule is CCOC(C(C)C)C(C)(O)CC. The molecule has 0 aliphatic carbocycles. The van der Waals surface area contributed by atoms with Gasteiger partial charge in [0.15, 0.2) is 0 Å². The van der Waals surface area contributed by atoms with Crippen LogP contribution >= 0.6 is 0 Å². The van der Waals surface area contributed by atoms with E-state index in [0.717, 1.165) is 6.42 Å². The summed E-state index contributed by atoms with van der Waals surface area (Å²) in [6, 6.07) is 0. The van der Waals surface area contributed by atoms with Crippen LogP contribution in [-0.4, -0.2) is 23.4 Å². The van der Waals surface area contributed by atoms with Crippen LogP contribution in [0.3, 0.4) is 0 Å². The molecule has 0 heterocycles. The molecular weight excluding hydrogens is 152 g/mol. The molecule has 0 amide bonds. The maximum Gasteiger partial charge on any atom is 0.0881 e. The van der Waals surface area contributed by atoms with Crippen molar-refractivity contribution in [2.24, 2.45) is 5.92 Å². The van der Waals surface area contributed by atoms with E-state index < -0.39 is 5.60 Å². The molecule has 0 fully saturated rings. The highest BCUT2D eigenvalue weighted by molar-refractivity contribution is 4.83. The Balaban J connectivity index is 4.27. The Hall–Kier alpha value is -0.0800. The van der Waals surface area contributed by atoms with Crippen LogP contribution in [0.1, 0.15) is 41.0 Å². The summed E-state index contributed by atoms with van der Waals surface area (Å²) in [4.78, 5) is 0. The van der Waals surface area contributed by atoms with Gasteiger partial charge in [0, 0.05) is 6.61 Å². The molecule has 0 bridgehead atoms. The second-order valence-electron chi connectivity index (χ2n) is 3.83. The minimum absolute atomic E-state index is 0.0486. The normalized spacial score (nSPS) is 19.2. The fourth-order valence-electron chi connectivity index (χ4n) is 1.47. The molecule has 2 nitrogen and oxygen atoms in total. The Morgan fingerprint density at radius 1 is 1.33 bits per heavy atom. The maximum atomic E-state index is 9.96. The first-order chi connectivity index (χ1) is 5.45. The first-order valence-corrected chi connectivity index (χ1v) is 4.79. The van der Waals surface area contributed by atoms with Crippen LogP contribution in [0.15, 0.2) is 0 Å². The standard InChI is InChI=1S/C10H22O2/c1-6-10(5,11)9(8(3)4)12-7-2/h8-9,11H,6-7H2,1-5H3. The summed E-state index contributed by atoms with van der Waals surface area (Å²) in [7, 11) is 0. The van der Waals surface area contributed by atoms with Crippen molar-refractivity contribution in [3.63, 3.8) is 0 Å². The van der Waals surface area contributed by atoms with E-state index in [2.05, 4.69) is 13.8 Å². The van der Waals surface area contributed by atoms with Gasteiger partial charge in [-0.15, -0.1) is 0 Å². The van der Waals surface area contributed by atoms with Gasteiger partial charge in [0.05, 0.1) is 11.7 Å². The van der Waals surface area contributed by atoms with Crippen LogP contribution in [0, 0.1) is 5.92 Å². The molecule has 2 heteroatoms. The van der Waals surface area contributed by atoms with Gasteiger partial charge in [-0.1, -0.05) is 20.8 Å². The van der Waals surface area contributed by atoms with Crippen LogP contribution < -0.4 is 0 Å². The first kappa shape index (κ1) is 11.9. The Morgan fingerprint density at radius 3 is 2.08 bits per heavy atom. The Morgan fingerprint density at radius 2 is 1.83 bits per heavy atom. The van der Waals surface area contributed by atoms with Crippen LogP contribution in [0.4, 0.5) is 0 Å². The third kappa shape index (κ3) is 3.11. The van der Waals surface area contributed by atoms with E-state index in [1.54, 1.807) is 0 Å². The Kier molecular flexibility index (Phi) is 4.80. The van der Waals surface area contributed by atoms with Gasteiger partial charge in [0.2, 0.25) is 0 Å². The molecule has 0 rings (SSSR count). The zero-order chi connectivity index (χ0) is 9.78. The second kappa shape index (κ2) is 4.83. The van der Waals surface area contributed by atoms with E-state index in [1.807, 2.05) is 20.8 Å². The predicted molar refractivity (Wildman–Crippen MR) is 51.2 cm³/mol. The van der Waals surface area contributed by atoms with Crippen molar-refractivity contribution in [3.8, 4) is 0 Å². The lowest BCUT2D eigenvalue weighted by molar-refractivity contribution is -0.117. The van der Waals surface area contributed by atoms with E-state index in [0.29, 0.717) is 12.5 Å². The van der Waals surface area contributed by atoms with Crippen molar-refractivity contribution in [1.29, 1.82) is 0 Å². The van der Waals surface area contributed by atoms with Crippen molar-refractivity contribution < 1.29 is 9.84 Å². The quantitative estimate of drug-likeness (QED) is 0.692. The average molecular weight is 174 g/mol. The third-order valence-electron chi connectivity index (χ3n) is 2.28. The van der Waals surface area contributed by atoms with E-state index in [1.165, 1.54) is 0 Å². The van der Waals surface area contributed by atoms with Crippen LogP contribution in [0.5, 0.6) is 0 Å². The molecule has 2 atom stereocenters. The summed E-state index contributed by atoms with van der Waals surface area (Å²) in [6.07, 6.45) is 0.683. The van der Waals surface area contributed by atoms with Gasteiger partial charge in [-0.25, -0.2) is 0 Å². The Bertz CT molecular complexity index is 119. The lowest BCUT2D eigenvalue weighted by atomic mass is 9.88. The summed E-state index contributed by atoms with van der Waals surface area (Å²) in [5.74, 6) is 0.361. The molecule has 2 unspecified atom stereocenters. The van der Waals surface area contributed by atoms with Gasteiger partial charge < -0.3 is 9.84 Å². The smallest absolute Gasteiger partial charge is 0.0881 e. The maximum absolute atomic E-state index is 9.96. The van der Waals surface area contributed by atoms with Crippen LogP contribution in [0.25, 0.3) is 0 Å². The zero-order valence-corrected chi connectivity index (χ0v) is 8.92. The fourth-order valence-corrected chi connectivity index (χ4v) is 1.47. The lowest BCUT2D eigenvalue weighted by Crippen LogP contribution is -2.44. The molecule has 0 aliphatic heterocycles. The molecule has 12 heavy (non-hydrogen) atoms. The number of hydrogen-bond acceptors (Lipinski definition) is 2. The largest absolute Gasteiger partial charge is 0.387 e. The van der Waals surface area contributed by atoms with Crippen molar-refractivity contribution in [2.75, 3.05) is 6.61 Å². The third-order valence-corrected chi connectivity index (χ3v) is 2.28. The van der Waals surface area contributed by atoms with Gasteiger partial charge in [-0.2, -0.15) is 0 Å². The summed E-state index contributed by atoms with van der Waals surface area (Å²) in [5, 5.41) is 9.96. The second-order valence-corrected chi connectivity index (χ2v) is 3.83. The van der Waals surface area contributed by atoms with Gasteiger partial charge >= 0.3 is 0 Å². The van der Waals surface area contributed by atoms with Crippen molar-refractivity contribution in [2.45, 2.75) is 52.7 Å². The van der Waals surface area contributed by atoms with E-state index in [-0.39, 0.29) is 6.10 Å². The summed E-state index contributed by atoms with van der Waals surface area (Å²) in [5.41, 5.74) is -0.690. The highest BCUT2D eigenvalue weighted by atomic mass is 16.5. The topological polar surface area (TPSA) is 29.5 Å². The van der Waals surface area contributed by atoms with Gasteiger partial charge in [0.1, 0.15) is 0 Å². The molecule has 0 saturated heterocycles. The molecule has 0 aromatic carbocycles. The van der Waals surface area contributed by atoms with E-state index >= 15 is 0 Å². The molecule has 74 valence electrons. The average Bonchev–Trinajstić information content (AvgIpc) is 1.99. The monoisotopic (exact) mass is 174 g/mol. The highest BCUT2D eigenvalue weighted by Crippen LogP contribution is 2.23. The number of hydrogen-bond donors (Lipinski definition) is 1. The molecule has 0 aliphatic rings. The zero-order valence-electron chi connectivity index (χ0n) is 8.92. The van der Waals surface area contributed by atoms with Crippen molar-refractivity contribution in [1.82, 2.24) is 0 Å². The highest BCUT2D eigenvalue weighted by Gasteiger charge is 2.32. The van der Waals surface area contributed by atoms with Crippen LogP contribution in [-0.2, 0) is 4.74 Å². The fraction of sp³-hybridized carbons (Fsp3) is 1.00. The molecule has 0 aromatic heterocycles. The minimum atomic E-state index is -0.690. The first-order valence-electron chi connectivity index (χ1n) is 4.79. The van der Waals surface area contributed by atoms with Gasteiger partial charge in [-0.05, 0) is 26.2 Å². The number of aliphatic hydroxyl groups is 1. The summed E-state index contributed by atoms with van der Waals surface area (Å²) in [6.45, 7) is 10.6. The van der Waals surface area contributed by atoms with Gasteiger partial charge in [0.25, 0.3) is 0 Å². The predicted octanol–water partition coefficient (Wildman–Crippen LogP) is 2.21. The van der Waals surface area contributed by atoms with Crippen molar-refractivity contribution in [3.05, 3.63) is 0 Å². The molecule has 0 radical (unpaired) electrons. The van der Waals surface area contributed by atoms with Gasteiger partial charge in [-0.3, -0.25) is 0 Å². The number of ether oxygens (including phenoxy) is 1.